The van der Waals surface area contributed by atoms with Crippen LogP contribution in [0.2, 0.25) is 0 Å². The van der Waals surface area contributed by atoms with Crippen LogP contribution in [0.25, 0.3) is 11.1 Å². The average molecular weight is 252 g/mol. The van der Waals surface area contributed by atoms with Gasteiger partial charge in [-0.25, -0.2) is 0 Å². The van der Waals surface area contributed by atoms with Crippen molar-refractivity contribution in [1.29, 1.82) is 0 Å². The van der Waals surface area contributed by atoms with E-state index >= 15 is 0 Å². The Balaban J connectivity index is 2.29. The summed E-state index contributed by atoms with van der Waals surface area (Å²) in [5.74, 6) is 0.680. The predicted molar refractivity (Wildman–Crippen MR) is 80.5 cm³/mol. The van der Waals surface area contributed by atoms with Crippen LogP contribution in [0.15, 0.2) is 42.5 Å². The highest BCUT2D eigenvalue weighted by molar-refractivity contribution is 5.78. The van der Waals surface area contributed by atoms with E-state index < -0.39 is 0 Å². The molecule has 0 aliphatic carbocycles. The fraction of sp³-hybridized carbons (Fsp3) is 0.278. The first-order valence-corrected chi connectivity index (χ1v) is 6.75. The average Bonchev–Trinajstić information content (AvgIpc) is 2.39. The molecule has 1 nitrogen and oxygen atoms in total. The molecule has 98 valence electrons. The van der Waals surface area contributed by atoms with Crippen molar-refractivity contribution in [3.8, 4) is 11.1 Å². The van der Waals surface area contributed by atoms with Crippen LogP contribution in [0.4, 0.5) is 0 Å². The number of aldehydes is 1. The monoisotopic (exact) mass is 252 g/mol. The van der Waals surface area contributed by atoms with Gasteiger partial charge in [0.05, 0.1) is 0 Å². The van der Waals surface area contributed by atoms with Gasteiger partial charge in [-0.05, 0) is 47.6 Å². The van der Waals surface area contributed by atoms with E-state index in [-0.39, 0.29) is 0 Å². The second kappa shape index (κ2) is 5.83. The lowest BCUT2D eigenvalue weighted by atomic mass is 9.96. The minimum Gasteiger partial charge on any atom is -0.298 e. The van der Waals surface area contributed by atoms with Crippen LogP contribution in [-0.4, -0.2) is 6.29 Å². The number of carbonyl (C=O) groups excluding carboxylic acids is 1. The summed E-state index contributed by atoms with van der Waals surface area (Å²) < 4.78 is 0. The molecule has 0 heterocycles. The zero-order chi connectivity index (χ0) is 13.8. The number of rotatable bonds is 4. The minimum absolute atomic E-state index is 0.680. The smallest absolute Gasteiger partial charge is 0.150 e. The van der Waals surface area contributed by atoms with Gasteiger partial charge < -0.3 is 0 Å². The van der Waals surface area contributed by atoms with Gasteiger partial charge in [-0.3, -0.25) is 4.79 Å². The SMILES string of the molecule is Cc1cc(C=O)ccc1-c1ccc(CC(C)C)cc1. The van der Waals surface area contributed by atoms with Crippen molar-refractivity contribution < 1.29 is 4.79 Å². The maximum Gasteiger partial charge on any atom is 0.150 e. The predicted octanol–water partition coefficient (Wildman–Crippen LogP) is 4.67. The van der Waals surface area contributed by atoms with Gasteiger partial charge >= 0.3 is 0 Å². The molecule has 19 heavy (non-hydrogen) atoms. The lowest BCUT2D eigenvalue weighted by Gasteiger charge is -2.09. The Morgan fingerprint density at radius 2 is 1.74 bits per heavy atom. The summed E-state index contributed by atoms with van der Waals surface area (Å²) in [5, 5.41) is 0. The van der Waals surface area contributed by atoms with Gasteiger partial charge in [0.15, 0.2) is 0 Å². The summed E-state index contributed by atoms with van der Waals surface area (Å²) in [6, 6.07) is 14.6. The topological polar surface area (TPSA) is 17.1 Å². The van der Waals surface area contributed by atoms with Gasteiger partial charge in [0.25, 0.3) is 0 Å². The molecule has 0 aliphatic heterocycles. The van der Waals surface area contributed by atoms with Crippen molar-refractivity contribution in [2.45, 2.75) is 27.2 Å². The van der Waals surface area contributed by atoms with Gasteiger partial charge in [0, 0.05) is 5.56 Å². The van der Waals surface area contributed by atoms with Crippen molar-refractivity contribution in [1.82, 2.24) is 0 Å². The summed E-state index contributed by atoms with van der Waals surface area (Å²) in [5.41, 5.74) is 5.66. The molecule has 2 rings (SSSR count). The summed E-state index contributed by atoms with van der Waals surface area (Å²) in [7, 11) is 0. The zero-order valence-corrected chi connectivity index (χ0v) is 11.8. The van der Waals surface area contributed by atoms with Gasteiger partial charge in [-0.2, -0.15) is 0 Å². The first kappa shape index (κ1) is 13.5. The van der Waals surface area contributed by atoms with Crippen LogP contribution in [0.5, 0.6) is 0 Å². The Bertz CT molecular complexity index is 565. The third kappa shape index (κ3) is 3.31. The van der Waals surface area contributed by atoms with Gasteiger partial charge in [-0.15, -0.1) is 0 Å². The molecule has 0 fully saturated rings. The Morgan fingerprint density at radius 3 is 2.26 bits per heavy atom. The molecule has 0 bridgehead atoms. The van der Waals surface area contributed by atoms with Crippen LogP contribution in [0.1, 0.15) is 35.3 Å². The van der Waals surface area contributed by atoms with Crippen LogP contribution in [0, 0.1) is 12.8 Å². The molecule has 0 amide bonds. The van der Waals surface area contributed by atoms with E-state index in [2.05, 4.69) is 38.1 Å². The Hall–Kier alpha value is -1.89. The number of aryl methyl sites for hydroxylation is 1. The maximum atomic E-state index is 10.8. The first-order chi connectivity index (χ1) is 9.10. The standard InChI is InChI=1S/C18H20O/c1-13(2)10-15-4-7-17(8-5-15)18-9-6-16(12-19)11-14(18)3/h4-9,11-13H,10H2,1-3H3. The molecule has 0 spiro atoms. The van der Waals surface area contributed by atoms with E-state index in [1.54, 1.807) is 0 Å². The fourth-order valence-corrected chi connectivity index (χ4v) is 2.38. The summed E-state index contributed by atoms with van der Waals surface area (Å²) in [6.45, 7) is 6.51. The molecular weight excluding hydrogens is 232 g/mol. The van der Waals surface area contributed by atoms with Crippen molar-refractivity contribution >= 4 is 6.29 Å². The number of hydrogen-bond acceptors (Lipinski definition) is 1. The van der Waals surface area contributed by atoms with E-state index in [0.717, 1.165) is 23.8 Å². The Morgan fingerprint density at radius 1 is 1.05 bits per heavy atom. The molecule has 0 aromatic heterocycles. The number of carbonyl (C=O) groups is 1. The largest absolute Gasteiger partial charge is 0.298 e. The quantitative estimate of drug-likeness (QED) is 0.722. The molecule has 0 unspecified atom stereocenters. The minimum atomic E-state index is 0.680. The van der Waals surface area contributed by atoms with Crippen LogP contribution in [-0.2, 0) is 6.42 Å². The molecule has 0 saturated heterocycles. The Kier molecular flexibility index (Phi) is 4.16. The van der Waals surface area contributed by atoms with Gasteiger partial charge in [0.2, 0.25) is 0 Å². The highest BCUT2D eigenvalue weighted by Gasteiger charge is 2.04. The van der Waals surface area contributed by atoms with Gasteiger partial charge in [-0.1, -0.05) is 50.2 Å². The lowest BCUT2D eigenvalue weighted by Crippen LogP contribution is -1.94. The van der Waals surface area contributed by atoms with E-state index in [0.29, 0.717) is 5.92 Å². The van der Waals surface area contributed by atoms with Crippen molar-refractivity contribution in [2.24, 2.45) is 5.92 Å². The summed E-state index contributed by atoms with van der Waals surface area (Å²) in [6.07, 6.45) is 2.01. The van der Waals surface area contributed by atoms with Gasteiger partial charge in [0.1, 0.15) is 6.29 Å². The molecule has 0 saturated carbocycles. The van der Waals surface area contributed by atoms with E-state index in [1.165, 1.54) is 16.7 Å². The molecular formula is C18H20O. The lowest BCUT2D eigenvalue weighted by molar-refractivity contribution is 0.112. The van der Waals surface area contributed by atoms with E-state index in [4.69, 9.17) is 0 Å². The second-order valence-electron chi connectivity index (χ2n) is 5.49. The van der Waals surface area contributed by atoms with Crippen molar-refractivity contribution in [2.75, 3.05) is 0 Å². The summed E-state index contributed by atoms with van der Waals surface area (Å²) >= 11 is 0. The number of hydrogen-bond donors (Lipinski definition) is 0. The highest BCUT2D eigenvalue weighted by atomic mass is 16.1. The maximum absolute atomic E-state index is 10.8. The molecule has 1 heteroatoms. The van der Waals surface area contributed by atoms with Crippen molar-refractivity contribution in [3.63, 3.8) is 0 Å². The number of benzene rings is 2. The Labute approximate surface area is 115 Å². The second-order valence-corrected chi connectivity index (χ2v) is 5.49. The van der Waals surface area contributed by atoms with Crippen LogP contribution >= 0.6 is 0 Å². The molecule has 0 atom stereocenters. The molecule has 2 aromatic carbocycles. The molecule has 0 N–H and O–H groups in total. The fourth-order valence-electron chi connectivity index (χ4n) is 2.38. The van der Waals surface area contributed by atoms with Crippen LogP contribution in [0.3, 0.4) is 0 Å². The normalized spacial score (nSPS) is 10.7. The van der Waals surface area contributed by atoms with E-state index in [1.807, 2.05) is 25.1 Å². The molecule has 0 radical (unpaired) electrons. The third-order valence-electron chi connectivity index (χ3n) is 3.30. The van der Waals surface area contributed by atoms with Crippen molar-refractivity contribution in [3.05, 3.63) is 59.2 Å². The highest BCUT2D eigenvalue weighted by Crippen LogP contribution is 2.24. The van der Waals surface area contributed by atoms with E-state index in [9.17, 15) is 4.79 Å². The third-order valence-corrected chi connectivity index (χ3v) is 3.30. The first-order valence-electron chi connectivity index (χ1n) is 6.75. The summed E-state index contributed by atoms with van der Waals surface area (Å²) in [4.78, 5) is 10.8. The molecule has 0 aliphatic rings. The molecule has 2 aromatic rings. The van der Waals surface area contributed by atoms with Crippen LogP contribution < -0.4 is 0 Å². The zero-order valence-electron chi connectivity index (χ0n) is 11.8.